The molecular weight excluding hydrogens is 290 g/mol. The van der Waals surface area contributed by atoms with E-state index in [1.807, 2.05) is 13.8 Å². The van der Waals surface area contributed by atoms with Crippen molar-refractivity contribution in [1.82, 2.24) is 10.6 Å². The Hall–Kier alpha value is -1.83. The molecule has 0 spiro atoms. The van der Waals surface area contributed by atoms with Gasteiger partial charge in [-0.25, -0.2) is 4.79 Å². The van der Waals surface area contributed by atoms with Gasteiger partial charge in [0.1, 0.15) is 17.7 Å². The van der Waals surface area contributed by atoms with Gasteiger partial charge in [0.2, 0.25) is 11.8 Å². The van der Waals surface area contributed by atoms with Gasteiger partial charge in [0, 0.05) is 0 Å². The number of amides is 3. The summed E-state index contributed by atoms with van der Waals surface area (Å²) in [7, 11) is 0. The van der Waals surface area contributed by atoms with Gasteiger partial charge in [0.15, 0.2) is 0 Å². The van der Waals surface area contributed by atoms with E-state index in [0.717, 1.165) is 0 Å². The zero-order valence-corrected chi connectivity index (χ0v) is 13.8. The monoisotopic (exact) mass is 317 g/mol. The van der Waals surface area contributed by atoms with Gasteiger partial charge in [0.05, 0.1) is 6.61 Å². The molecule has 0 aliphatic carbocycles. The number of carbonyl (C=O) groups is 3. The van der Waals surface area contributed by atoms with E-state index >= 15 is 0 Å². The number of carbonyl (C=O) groups excluding carboxylic acids is 3. The molecule has 0 aromatic rings. The molecule has 5 N–H and O–H groups in total. The van der Waals surface area contributed by atoms with Crippen LogP contribution in [0.15, 0.2) is 0 Å². The molecule has 0 bridgehead atoms. The highest BCUT2D eigenvalue weighted by Crippen LogP contribution is 2.07. The van der Waals surface area contributed by atoms with Crippen molar-refractivity contribution < 1.29 is 24.2 Å². The Morgan fingerprint density at radius 2 is 1.68 bits per heavy atom. The Morgan fingerprint density at radius 3 is 2.05 bits per heavy atom. The van der Waals surface area contributed by atoms with Gasteiger partial charge in [-0.3, -0.25) is 9.59 Å². The summed E-state index contributed by atoms with van der Waals surface area (Å²) in [6.07, 6.45) is -0.466. The van der Waals surface area contributed by atoms with Crippen LogP contribution in [0, 0.1) is 5.92 Å². The van der Waals surface area contributed by atoms with Crippen LogP contribution in [0.2, 0.25) is 0 Å². The lowest BCUT2D eigenvalue weighted by molar-refractivity contribution is -0.129. The number of aliphatic hydroxyl groups excluding tert-OH is 1. The second-order valence-corrected chi connectivity index (χ2v) is 6.47. The third kappa shape index (κ3) is 8.46. The maximum atomic E-state index is 12.0. The van der Waals surface area contributed by atoms with Crippen molar-refractivity contribution in [3.05, 3.63) is 0 Å². The minimum absolute atomic E-state index is 0.143. The summed E-state index contributed by atoms with van der Waals surface area (Å²) in [4.78, 5) is 35.0. The van der Waals surface area contributed by atoms with Gasteiger partial charge in [-0.05, 0) is 33.1 Å². The minimum Gasteiger partial charge on any atom is -0.444 e. The molecule has 128 valence electrons. The highest BCUT2D eigenvalue weighted by atomic mass is 16.6. The van der Waals surface area contributed by atoms with E-state index in [2.05, 4.69) is 10.6 Å². The van der Waals surface area contributed by atoms with Crippen molar-refractivity contribution >= 4 is 17.9 Å². The zero-order chi connectivity index (χ0) is 17.5. The molecule has 8 nitrogen and oxygen atoms in total. The third-order valence-corrected chi connectivity index (χ3v) is 2.56. The average molecular weight is 317 g/mol. The van der Waals surface area contributed by atoms with E-state index in [1.54, 1.807) is 20.8 Å². The van der Waals surface area contributed by atoms with Gasteiger partial charge in [-0.15, -0.1) is 0 Å². The quantitative estimate of drug-likeness (QED) is 0.520. The number of aliphatic hydroxyl groups is 1. The maximum Gasteiger partial charge on any atom is 0.408 e. The standard InChI is InChI=1S/C14H27N3O5/c1-8(2)6-9(11(15)19)16-12(20)10(7-18)17-13(21)22-14(3,4)5/h8-10,18H,6-7H2,1-5H3,(H2,15,19)(H,16,20)(H,17,21). The molecule has 0 aromatic carbocycles. The topological polar surface area (TPSA) is 131 Å². The van der Waals surface area contributed by atoms with Crippen LogP contribution in [0.1, 0.15) is 41.0 Å². The van der Waals surface area contributed by atoms with E-state index in [-0.39, 0.29) is 5.92 Å². The van der Waals surface area contributed by atoms with Crippen LogP contribution in [0.5, 0.6) is 0 Å². The molecular formula is C14H27N3O5. The van der Waals surface area contributed by atoms with Gasteiger partial charge in [-0.1, -0.05) is 13.8 Å². The normalized spacial score (nSPS) is 14.1. The van der Waals surface area contributed by atoms with Gasteiger partial charge in [0.25, 0.3) is 0 Å². The Morgan fingerprint density at radius 1 is 1.14 bits per heavy atom. The predicted molar refractivity (Wildman–Crippen MR) is 80.8 cm³/mol. The lowest BCUT2D eigenvalue weighted by Gasteiger charge is -2.24. The molecule has 0 heterocycles. The minimum atomic E-state index is -1.22. The largest absolute Gasteiger partial charge is 0.444 e. The van der Waals surface area contributed by atoms with Crippen molar-refractivity contribution in [2.24, 2.45) is 11.7 Å². The molecule has 0 aliphatic heterocycles. The van der Waals surface area contributed by atoms with Crippen molar-refractivity contribution in [3.63, 3.8) is 0 Å². The Kier molecular flexibility index (Phi) is 7.86. The molecule has 2 unspecified atom stereocenters. The number of alkyl carbamates (subject to hydrolysis) is 1. The maximum absolute atomic E-state index is 12.0. The van der Waals surface area contributed by atoms with Gasteiger partial charge >= 0.3 is 6.09 Å². The summed E-state index contributed by atoms with van der Waals surface area (Å²) in [5.41, 5.74) is 4.50. The van der Waals surface area contributed by atoms with Crippen LogP contribution in [-0.4, -0.2) is 47.3 Å². The van der Waals surface area contributed by atoms with E-state index in [0.29, 0.717) is 6.42 Å². The molecule has 8 heteroatoms. The number of primary amides is 1. The number of rotatable bonds is 7. The Bertz CT molecular complexity index is 404. The van der Waals surface area contributed by atoms with Crippen molar-refractivity contribution in [3.8, 4) is 0 Å². The van der Waals surface area contributed by atoms with Crippen LogP contribution in [-0.2, 0) is 14.3 Å². The molecule has 0 fully saturated rings. The van der Waals surface area contributed by atoms with Crippen molar-refractivity contribution in [2.75, 3.05) is 6.61 Å². The Labute approximate surface area is 130 Å². The molecule has 3 amide bonds. The first kappa shape index (κ1) is 20.2. The summed E-state index contributed by atoms with van der Waals surface area (Å²) >= 11 is 0. The highest BCUT2D eigenvalue weighted by molar-refractivity contribution is 5.90. The fourth-order valence-electron chi connectivity index (χ4n) is 1.63. The number of hydrogen-bond acceptors (Lipinski definition) is 5. The summed E-state index contributed by atoms with van der Waals surface area (Å²) in [5.74, 6) is -1.22. The third-order valence-electron chi connectivity index (χ3n) is 2.56. The van der Waals surface area contributed by atoms with Crippen LogP contribution >= 0.6 is 0 Å². The van der Waals surface area contributed by atoms with Gasteiger partial charge < -0.3 is 26.2 Å². The SMILES string of the molecule is CC(C)CC(NC(=O)C(CO)NC(=O)OC(C)(C)C)C(N)=O. The first-order valence-corrected chi connectivity index (χ1v) is 7.16. The summed E-state index contributed by atoms with van der Waals surface area (Å²) in [5, 5.41) is 13.9. The number of ether oxygens (including phenoxy) is 1. The highest BCUT2D eigenvalue weighted by Gasteiger charge is 2.27. The number of nitrogens with one attached hydrogen (secondary N) is 2. The van der Waals surface area contributed by atoms with E-state index in [9.17, 15) is 19.5 Å². The second-order valence-electron chi connectivity index (χ2n) is 6.47. The predicted octanol–water partition coefficient (Wildman–Crippen LogP) is -0.112. The summed E-state index contributed by atoms with van der Waals surface area (Å²) in [6.45, 7) is 8.15. The first-order valence-electron chi connectivity index (χ1n) is 7.16. The van der Waals surface area contributed by atoms with Crippen LogP contribution in [0.25, 0.3) is 0 Å². The zero-order valence-electron chi connectivity index (χ0n) is 13.8. The molecule has 0 saturated heterocycles. The van der Waals surface area contributed by atoms with E-state index in [4.69, 9.17) is 10.5 Å². The van der Waals surface area contributed by atoms with Crippen molar-refractivity contribution in [1.29, 1.82) is 0 Å². The van der Waals surface area contributed by atoms with Crippen LogP contribution in [0.4, 0.5) is 4.79 Å². The molecule has 0 saturated carbocycles. The molecule has 0 aliphatic rings. The van der Waals surface area contributed by atoms with E-state index in [1.165, 1.54) is 0 Å². The summed E-state index contributed by atoms with van der Waals surface area (Å²) < 4.78 is 5.00. The fraction of sp³-hybridized carbons (Fsp3) is 0.786. The molecule has 2 atom stereocenters. The molecule has 22 heavy (non-hydrogen) atoms. The smallest absolute Gasteiger partial charge is 0.408 e. The van der Waals surface area contributed by atoms with Crippen molar-refractivity contribution in [2.45, 2.75) is 58.7 Å². The van der Waals surface area contributed by atoms with Gasteiger partial charge in [-0.2, -0.15) is 0 Å². The van der Waals surface area contributed by atoms with E-state index < -0.39 is 42.2 Å². The first-order chi connectivity index (χ1) is 9.96. The molecule has 0 radical (unpaired) electrons. The lowest BCUT2D eigenvalue weighted by Crippen LogP contribution is -2.55. The summed E-state index contributed by atoms with van der Waals surface area (Å²) in [6, 6.07) is -2.08. The number of nitrogens with two attached hydrogens (primary N) is 1. The van der Waals surface area contributed by atoms with Crippen LogP contribution < -0.4 is 16.4 Å². The number of hydrogen-bond donors (Lipinski definition) is 4. The fourth-order valence-corrected chi connectivity index (χ4v) is 1.63. The lowest BCUT2D eigenvalue weighted by atomic mass is 10.0. The molecule has 0 aromatic heterocycles. The average Bonchev–Trinajstić information content (AvgIpc) is 2.31. The Balaban J connectivity index is 4.69. The van der Waals surface area contributed by atoms with Crippen LogP contribution in [0.3, 0.4) is 0 Å². The second kappa shape index (κ2) is 8.57. The molecule has 0 rings (SSSR count).